The fourth-order valence-electron chi connectivity index (χ4n) is 3.74. The van der Waals surface area contributed by atoms with Crippen molar-refractivity contribution in [1.82, 2.24) is 14.5 Å². The first kappa shape index (κ1) is 20.9. The van der Waals surface area contributed by atoms with Crippen LogP contribution in [-0.4, -0.2) is 42.2 Å². The molecule has 2 aliphatic rings. The monoisotopic (exact) mass is 472 g/mol. The molecule has 0 saturated carbocycles. The number of aromatic nitrogens is 2. The Balaban J connectivity index is 1.34. The summed E-state index contributed by atoms with van der Waals surface area (Å²) in [5.74, 6) is 0.763. The molecule has 32 heavy (non-hydrogen) atoms. The molecule has 2 aromatic carbocycles. The van der Waals surface area contributed by atoms with Gasteiger partial charge < -0.3 is 14.8 Å². The van der Waals surface area contributed by atoms with Crippen LogP contribution in [0.1, 0.15) is 39.3 Å². The number of hydrogen-bond donors (Lipinski definition) is 1. The summed E-state index contributed by atoms with van der Waals surface area (Å²) in [5.41, 5.74) is 1.53. The van der Waals surface area contributed by atoms with Crippen LogP contribution < -0.4 is 14.8 Å². The molecule has 1 aromatic heterocycles. The second kappa shape index (κ2) is 8.15. The van der Waals surface area contributed by atoms with Crippen LogP contribution in [0.4, 0.5) is 5.69 Å². The number of nitrogens with one attached hydrogen (secondary N) is 1. The highest BCUT2D eigenvalue weighted by Crippen LogP contribution is 2.38. The highest BCUT2D eigenvalue weighted by atomic mass is 32.2. The topological polar surface area (TPSA) is 111 Å². The van der Waals surface area contributed by atoms with Crippen molar-refractivity contribution in [3.8, 4) is 11.5 Å². The van der Waals surface area contributed by atoms with Gasteiger partial charge in [-0.2, -0.15) is 4.31 Å². The van der Waals surface area contributed by atoms with Crippen LogP contribution in [0.5, 0.6) is 11.5 Å². The Morgan fingerprint density at radius 3 is 2.72 bits per heavy atom. The van der Waals surface area contributed by atoms with Crippen LogP contribution >= 0.6 is 11.3 Å². The molecule has 3 heterocycles. The van der Waals surface area contributed by atoms with Crippen molar-refractivity contribution in [1.29, 1.82) is 0 Å². The lowest BCUT2D eigenvalue weighted by Gasteiger charge is -2.22. The van der Waals surface area contributed by atoms with Crippen molar-refractivity contribution in [3.05, 3.63) is 58.0 Å². The fourth-order valence-corrected chi connectivity index (χ4v) is 6.35. The summed E-state index contributed by atoms with van der Waals surface area (Å²) in [6, 6.07) is 11.5. The molecule has 1 amide bonds. The normalized spacial score (nSPS) is 18.1. The number of anilines is 1. The van der Waals surface area contributed by atoms with Gasteiger partial charge in [-0.25, -0.2) is 8.42 Å². The highest BCUT2D eigenvalue weighted by Gasteiger charge is 2.38. The third kappa shape index (κ3) is 3.83. The Morgan fingerprint density at radius 1 is 1.12 bits per heavy atom. The quantitative estimate of drug-likeness (QED) is 0.606. The first-order chi connectivity index (χ1) is 15.4. The zero-order chi connectivity index (χ0) is 22.3. The third-order valence-electron chi connectivity index (χ3n) is 5.38. The van der Waals surface area contributed by atoms with E-state index in [2.05, 4.69) is 15.5 Å². The second-order valence-electron chi connectivity index (χ2n) is 7.55. The molecule has 5 rings (SSSR count). The standard InChI is InChI=1S/C21H20N4O5S2/c1-13-4-7-15(8-5-13)32(27,28)25-10-2-3-16(25)20-23-24-21(31-20)19(26)22-14-6-9-17-18(11-14)30-12-29-17/h4-9,11,16H,2-3,10,12H2,1H3,(H,22,26)/t16-/m0/s1. The molecular weight excluding hydrogens is 452 g/mol. The smallest absolute Gasteiger partial charge is 0.286 e. The van der Waals surface area contributed by atoms with Crippen LogP contribution in [0.15, 0.2) is 47.4 Å². The largest absolute Gasteiger partial charge is 0.454 e. The fraction of sp³-hybridized carbons (Fsp3) is 0.286. The Bertz CT molecular complexity index is 1270. The number of hydrogen-bond acceptors (Lipinski definition) is 8. The molecule has 11 heteroatoms. The van der Waals surface area contributed by atoms with Gasteiger partial charge in [0.1, 0.15) is 5.01 Å². The summed E-state index contributed by atoms with van der Waals surface area (Å²) in [5, 5.41) is 11.6. The molecule has 3 aromatic rings. The van der Waals surface area contributed by atoms with Crippen molar-refractivity contribution in [2.24, 2.45) is 0 Å². The molecule has 1 atom stereocenters. The second-order valence-corrected chi connectivity index (χ2v) is 10.5. The van der Waals surface area contributed by atoms with Crippen molar-refractivity contribution in [2.45, 2.75) is 30.7 Å². The Kier molecular flexibility index (Phi) is 5.31. The lowest BCUT2D eigenvalue weighted by Crippen LogP contribution is -2.30. The third-order valence-corrected chi connectivity index (χ3v) is 8.33. The van der Waals surface area contributed by atoms with E-state index >= 15 is 0 Å². The lowest BCUT2D eigenvalue weighted by atomic mass is 10.2. The van der Waals surface area contributed by atoms with Gasteiger partial charge in [0.05, 0.1) is 10.9 Å². The molecule has 0 radical (unpaired) electrons. The van der Waals surface area contributed by atoms with E-state index in [-0.39, 0.29) is 16.7 Å². The van der Waals surface area contributed by atoms with E-state index in [1.54, 1.807) is 42.5 Å². The molecule has 166 valence electrons. The van der Waals surface area contributed by atoms with Crippen molar-refractivity contribution < 1.29 is 22.7 Å². The van der Waals surface area contributed by atoms with Crippen LogP contribution in [0, 0.1) is 6.92 Å². The highest BCUT2D eigenvalue weighted by molar-refractivity contribution is 7.89. The Hall–Kier alpha value is -3.02. The van der Waals surface area contributed by atoms with Gasteiger partial charge in [-0.05, 0) is 44.0 Å². The summed E-state index contributed by atoms with van der Waals surface area (Å²) in [7, 11) is -3.67. The summed E-state index contributed by atoms with van der Waals surface area (Å²) >= 11 is 1.10. The van der Waals surface area contributed by atoms with Crippen molar-refractivity contribution in [2.75, 3.05) is 18.7 Å². The number of sulfonamides is 1. The van der Waals surface area contributed by atoms with Crippen LogP contribution in [0.25, 0.3) is 0 Å². The molecule has 0 aliphatic carbocycles. The van der Waals surface area contributed by atoms with Gasteiger partial charge in [0.2, 0.25) is 21.8 Å². The lowest BCUT2D eigenvalue weighted by molar-refractivity contribution is 0.102. The average Bonchev–Trinajstić information content (AvgIpc) is 3.53. The maximum atomic E-state index is 13.2. The molecule has 1 N–H and O–H groups in total. The van der Waals surface area contributed by atoms with Crippen molar-refractivity contribution in [3.63, 3.8) is 0 Å². The minimum Gasteiger partial charge on any atom is -0.454 e. The van der Waals surface area contributed by atoms with Crippen molar-refractivity contribution >= 4 is 33.0 Å². The molecule has 1 fully saturated rings. The number of benzene rings is 2. The van der Waals surface area contributed by atoms with Crippen LogP contribution in [0.3, 0.4) is 0 Å². The summed E-state index contributed by atoms with van der Waals surface area (Å²) in [4.78, 5) is 12.9. The predicted octanol–water partition coefficient (Wildman–Crippen LogP) is 3.35. The molecule has 0 unspecified atom stereocenters. The zero-order valence-electron chi connectivity index (χ0n) is 17.1. The maximum absolute atomic E-state index is 13.2. The average molecular weight is 473 g/mol. The summed E-state index contributed by atoms with van der Waals surface area (Å²) < 4.78 is 38.4. The molecule has 0 spiro atoms. The number of fused-ring (bicyclic) bond motifs is 1. The van der Waals surface area contributed by atoms with E-state index in [0.29, 0.717) is 41.6 Å². The molecule has 1 saturated heterocycles. The first-order valence-corrected chi connectivity index (χ1v) is 12.3. The van der Waals surface area contributed by atoms with E-state index in [0.717, 1.165) is 16.9 Å². The van der Waals surface area contributed by atoms with Gasteiger partial charge >= 0.3 is 0 Å². The van der Waals surface area contributed by atoms with Crippen LogP contribution in [-0.2, 0) is 10.0 Å². The molecule has 0 bridgehead atoms. The van der Waals surface area contributed by atoms with E-state index in [1.807, 2.05) is 6.92 Å². The number of carbonyl (C=O) groups excluding carboxylic acids is 1. The van der Waals surface area contributed by atoms with Gasteiger partial charge in [-0.15, -0.1) is 10.2 Å². The van der Waals surface area contributed by atoms with Gasteiger partial charge in [-0.3, -0.25) is 4.79 Å². The number of rotatable bonds is 5. The van der Waals surface area contributed by atoms with Gasteiger partial charge in [-0.1, -0.05) is 29.0 Å². The Morgan fingerprint density at radius 2 is 1.91 bits per heavy atom. The number of nitrogens with zero attached hydrogens (tertiary/aromatic N) is 3. The summed E-state index contributed by atoms with van der Waals surface area (Å²) in [6.45, 7) is 2.46. The minimum absolute atomic E-state index is 0.149. The molecule has 9 nitrogen and oxygen atoms in total. The predicted molar refractivity (Wildman–Crippen MR) is 117 cm³/mol. The minimum atomic E-state index is -3.67. The molecular formula is C21H20N4O5S2. The van der Waals surface area contributed by atoms with E-state index < -0.39 is 22.0 Å². The zero-order valence-corrected chi connectivity index (χ0v) is 18.8. The van der Waals surface area contributed by atoms with E-state index in [4.69, 9.17) is 9.47 Å². The van der Waals surface area contributed by atoms with Gasteiger partial charge in [0, 0.05) is 18.3 Å². The first-order valence-electron chi connectivity index (χ1n) is 10.0. The van der Waals surface area contributed by atoms with E-state index in [9.17, 15) is 13.2 Å². The number of aryl methyl sites for hydroxylation is 1. The summed E-state index contributed by atoms with van der Waals surface area (Å²) in [6.07, 6.45) is 1.34. The number of amides is 1. The number of ether oxygens (including phenoxy) is 2. The number of carbonyl (C=O) groups is 1. The van der Waals surface area contributed by atoms with Crippen LogP contribution in [0.2, 0.25) is 0 Å². The van der Waals surface area contributed by atoms with Gasteiger partial charge in [0.15, 0.2) is 11.5 Å². The molecule has 2 aliphatic heterocycles. The SMILES string of the molecule is Cc1ccc(S(=O)(=O)N2CCC[C@H]2c2nnc(C(=O)Nc3ccc4c(c3)OCO4)s2)cc1. The van der Waals surface area contributed by atoms with E-state index in [1.165, 1.54) is 4.31 Å². The van der Waals surface area contributed by atoms with Gasteiger partial charge in [0.25, 0.3) is 5.91 Å². The Labute approximate surface area is 189 Å². The maximum Gasteiger partial charge on any atom is 0.286 e.